The van der Waals surface area contributed by atoms with Crippen molar-refractivity contribution in [2.24, 2.45) is 0 Å². The highest BCUT2D eigenvalue weighted by Gasteiger charge is 2.31. The van der Waals surface area contributed by atoms with Crippen LogP contribution < -0.4 is 10.2 Å². The smallest absolute Gasteiger partial charge is 0.270 e. The second-order valence-corrected chi connectivity index (χ2v) is 8.75. The lowest BCUT2D eigenvalue weighted by Gasteiger charge is -2.25. The van der Waals surface area contributed by atoms with Crippen LogP contribution in [-0.4, -0.2) is 49.9 Å². The molecular formula is C16H23N3O3S. The van der Waals surface area contributed by atoms with Crippen molar-refractivity contribution >= 4 is 21.4 Å². The second kappa shape index (κ2) is 6.47. The fraction of sp³-hybridized carbons (Fsp3) is 0.625. The lowest BCUT2D eigenvalue weighted by atomic mass is 10.2. The van der Waals surface area contributed by atoms with E-state index >= 15 is 0 Å². The molecule has 1 unspecified atom stereocenters. The molecule has 23 heavy (non-hydrogen) atoms. The minimum atomic E-state index is -2.93. The molecule has 1 aromatic heterocycles. The maximum Gasteiger partial charge on any atom is 0.270 e. The average molecular weight is 337 g/mol. The van der Waals surface area contributed by atoms with Gasteiger partial charge in [-0.3, -0.25) is 9.78 Å². The van der Waals surface area contributed by atoms with E-state index in [-0.39, 0.29) is 29.5 Å². The number of sulfone groups is 1. The van der Waals surface area contributed by atoms with E-state index in [1.807, 2.05) is 18.0 Å². The van der Waals surface area contributed by atoms with Gasteiger partial charge in [-0.25, -0.2) is 8.42 Å². The van der Waals surface area contributed by atoms with E-state index in [9.17, 15) is 13.2 Å². The molecule has 1 aliphatic heterocycles. The lowest BCUT2D eigenvalue weighted by molar-refractivity contribution is 0.0933. The van der Waals surface area contributed by atoms with Gasteiger partial charge in [-0.05, 0) is 31.4 Å². The molecule has 6 nitrogen and oxygen atoms in total. The summed E-state index contributed by atoms with van der Waals surface area (Å²) in [6.45, 7) is 0. The van der Waals surface area contributed by atoms with Crippen molar-refractivity contribution in [2.45, 2.75) is 44.2 Å². The minimum Gasteiger partial charge on any atom is -0.370 e. The summed E-state index contributed by atoms with van der Waals surface area (Å²) in [6, 6.07) is 3.78. The molecule has 1 aromatic rings. The lowest BCUT2D eigenvalue weighted by Crippen LogP contribution is -2.34. The molecule has 2 aliphatic rings. The molecule has 0 bridgehead atoms. The fourth-order valence-electron chi connectivity index (χ4n) is 3.38. The van der Waals surface area contributed by atoms with Crippen LogP contribution in [-0.2, 0) is 9.84 Å². The monoisotopic (exact) mass is 337 g/mol. The Labute approximate surface area is 137 Å². The number of carbonyl (C=O) groups is 1. The van der Waals surface area contributed by atoms with Crippen molar-refractivity contribution in [3.63, 3.8) is 0 Å². The van der Waals surface area contributed by atoms with Crippen LogP contribution in [0.4, 0.5) is 5.69 Å². The number of hydrogen-bond donors (Lipinski definition) is 1. The van der Waals surface area contributed by atoms with E-state index in [0.717, 1.165) is 31.4 Å². The Morgan fingerprint density at radius 1 is 1.30 bits per heavy atom. The van der Waals surface area contributed by atoms with Gasteiger partial charge < -0.3 is 10.2 Å². The van der Waals surface area contributed by atoms with Gasteiger partial charge in [0, 0.05) is 31.0 Å². The average Bonchev–Trinajstić information content (AvgIpc) is 3.16. The summed E-state index contributed by atoms with van der Waals surface area (Å²) in [5.41, 5.74) is 1.22. The largest absolute Gasteiger partial charge is 0.370 e. The van der Waals surface area contributed by atoms with Crippen LogP contribution in [0, 0.1) is 0 Å². The maximum absolute atomic E-state index is 12.3. The van der Waals surface area contributed by atoms with Gasteiger partial charge >= 0.3 is 0 Å². The van der Waals surface area contributed by atoms with Crippen LogP contribution >= 0.6 is 0 Å². The van der Waals surface area contributed by atoms with Gasteiger partial charge in [-0.2, -0.15) is 0 Å². The first-order valence-electron chi connectivity index (χ1n) is 8.15. The number of nitrogens with zero attached hydrogens (tertiary/aromatic N) is 2. The van der Waals surface area contributed by atoms with Gasteiger partial charge in [-0.1, -0.05) is 12.8 Å². The van der Waals surface area contributed by atoms with E-state index in [2.05, 4.69) is 10.3 Å². The highest BCUT2D eigenvalue weighted by molar-refractivity contribution is 7.91. The molecule has 2 heterocycles. The van der Waals surface area contributed by atoms with Crippen molar-refractivity contribution in [1.82, 2.24) is 10.3 Å². The molecule has 1 N–H and O–H groups in total. The molecule has 3 rings (SSSR count). The Balaban J connectivity index is 1.70. The van der Waals surface area contributed by atoms with Gasteiger partial charge in [-0.15, -0.1) is 0 Å². The number of hydrogen-bond acceptors (Lipinski definition) is 5. The molecule has 0 radical (unpaired) electrons. The number of anilines is 1. The third-order valence-electron chi connectivity index (χ3n) is 4.83. The SMILES string of the molecule is CN(c1ccnc(C(=O)NC2CCCC2)c1)C1CCS(=O)(=O)C1. The zero-order chi connectivity index (χ0) is 16.4. The van der Waals surface area contributed by atoms with E-state index in [0.29, 0.717) is 12.1 Å². The zero-order valence-electron chi connectivity index (χ0n) is 13.4. The van der Waals surface area contributed by atoms with Gasteiger partial charge in [0.15, 0.2) is 9.84 Å². The number of carbonyl (C=O) groups excluding carboxylic acids is 1. The third kappa shape index (κ3) is 3.83. The number of aromatic nitrogens is 1. The van der Waals surface area contributed by atoms with E-state index in [4.69, 9.17) is 0 Å². The quantitative estimate of drug-likeness (QED) is 0.898. The Kier molecular flexibility index (Phi) is 4.57. The Morgan fingerprint density at radius 3 is 2.70 bits per heavy atom. The topological polar surface area (TPSA) is 79.4 Å². The maximum atomic E-state index is 12.3. The summed E-state index contributed by atoms with van der Waals surface area (Å²) < 4.78 is 23.3. The van der Waals surface area contributed by atoms with Crippen LogP contribution in [0.5, 0.6) is 0 Å². The van der Waals surface area contributed by atoms with Gasteiger partial charge in [0.05, 0.1) is 11.5 Å². The molecule has 1 amide bonds. The Morgan fingerprint density at radius 2 is 2.04 bits per heavy atom. The molecule has 1 saturated heterocycles. The summed E-state index contributed by atoms with van der Waals surface area (Å²) in [7, 11) is -1.05. The summed E-state index contributed by atoms with van der Waals surface area (Å²) in [5, 5.41) is 3.03. The molecule has 0 spiro atoms. The van der Waals surface area contributed by atoms with E-state index in [1.54, 1.807) is 12.3 Å². The first kappa shape index (κ1) is 16.2. The normalized spacial score (nSPS) is 23.8. The van der Waals surface area contributed by atoms with Crippen molar-refractivity contribution in [3.05, 3.63) is 24.0 Å². The number of amides is 1. The van der Waals surface area contributed by atoms with Crippen LogP contribution in [0.25, 0.3) is 0 Å². The van der Waals surface area contributed by atoms with Gasteiger partial charge in [0.25, 0.3) is 5.91 Å². The first-order valence-corrected chi connectivity index (χ1v) is 9.97. The highest BCUT2D eigenvalue weighted by atomic mass is 32.2. The number of nitrogens with one attached hydrogen (secondary N) is 1. The molecule has 0 aromatic carbocycles. The molecular weight excluding hydrogens is 314 g/mol. The van der Waals surface area contributed by atoms with Crippen molar-refractivity contribution in [1.29, 1.82) is 0 Å². The van der Waals surface area contributed by atoms with Crippen molar-refractivity contribution < 1.29 is 13.2 Å². The van der Waals surface area contributed by atoms with Crippen LogP contribution in [0.2, 0.25) is 0 Å². The van der Waals surface area contributed by atoms with Gasteiger partial charge in [0.1, 0.15) is 5.69 Å². The predicted molar refractivity (Wildman–Crippen MR) is 89.4 cm³/mol. The minimum absolute atomic E-state index is 0.0341. The number of rotatable bonds is 4. The molecule has 1 aliphatic carbocycles. The Bertz CT molecular complexity index is 684. The zero-order valence-corrected chi connectivity index (χ0v) is 14.2. The summed E-state index contributed by atoms with van der Waals surface area (Å²) in [4.78, 5) is 18.4. The molecule has 7 heteroatoms. The third-order valence-corrected chi connectivity index (χ3v) is 6.58. The van der Waals surface area contributed by atoms with Gasteiger partial charge in [0.2, 0.25) is 0 Å². The summed E-state index contributed by atoms with van der Waals surface area (Å²) in [5.74, 6) is 0.267. The molecule has 126 valence electrons. The molecule has 2 fully saturated rings. The molecule has 1 atom stereocenters. The van der Waals surface area contributed by atoms with E-state index < -0.39 is 9.84 Å². The standard InChI is InChI=1S/C16H23N3O3S/c1-19(14-7-9-23(21,22)11-14)13-6-8-17-15(10-13)16(20)18-12-4-2-3-5-12/h6,8,10,12,14H,2-5,7,9,11H2,1H3,(H,18,20). The highest BCUT2D eigenvalue weighted by Crippen LogP contribution is 2.23. The second-order valence-electron chi connectivity index (χ2n) is 6.52. The number of pyridine rings is 1. The summed E-state index contributed by atoms with van der Waals surface area (Å²) in [6.07, 6.45) is 6.63. The van der Waals surface area contributed by atoms with Crippen molar-refractivity contribution in [2.75, 3.05) is 23.5 Å². The Hall–Kier alpha value is -1.63. The van der Waals surface area contributed by atoms with E-state index in [1.165, 1.54) is 0 Å². The molecule has 1 saturated carbocycles. The predicted octanol–water partition coefficient (Wildman–Crippen LogP) is 1.38. The fourth-order valence-corrected chi connectivity index (χ4v) is 5.16. The van der Waals surface area contributed by atoms with Crippen molar-refractivity contribution in [3.8, 4) is 0 Å². The first-order chi connectivity index (χ1) is 10.9. The van der Waals surface area contributed by atoms with Crippen LogP contribution in [0.1, 0.15) is 42.6 Å². The van der Waals surface area contributed by atoms with Crippen LogP contribution in [0.3, 0.4) is 0 Å². The van der Waals surface area contributed by atoms with Crippen LogP contribution in [0.15, 0.2) is 18.3 Å². The summed E-state index contributed by atoms with van der Waals surface area (Å²) >= 11 is 0.